The van der Waals surface area contributed by atoms with Gasteiger partial charge < -0.3 is 19.5 Å². The molecule has 7 nitrogen and oxygen atoms in total. The summed E-state index contributed by atoms with van der Waals surface area (Å²) in [5.74, 6) is 0.668. The quantitative estimate of drug-likeness (QED) is 0.799. The van der Waals surface area contributed by atoms with Crippen molar-refractivity contribution in [3.63, 3.8) is 0 Å². The minimum Gasteiger partial charge on any atom is -0.400 e. The van der Waals surface area contributed by atoms with Crippen LogP contribution in [0.1, 0.15) is 53.0 Å². The van der Waals surface area contributed by atoms with Gasteiger partial charge in [-0.05, 0) is 46.0 Å². The third-order valence-corrected chi connectivity index (χ3v) is 5.50. The summed E-state index contributed by atoms with van der Waals surface area (Å²) in [4.78, 5) is 22.6. The van der Waals surface area contributed by atoms with E-state index in [-0.39, 0.29) is 5.91 Å². The number of hydrogen-bond donors (Lipinski definition) is 1. The van der Waals surface area contributed by atoms with E-state index in [0.717, 1.165) is 30.1 Å². The number of hydrogen-bond acceptors (Lipinski definition) is 6. The third-order valence-electron chi connectivity index (χ3n) is 5.50. The first-order valence-electron chi connectivity index (χ1n) is 9.55. The zero-order valence-corrected chi connectivity index (χ0v) is 16.9. The molecule has 0 spiro atoms. The number of rotatable bonds is 5. The summed E-state index contributed by atoms with van der Waals surface area (Å²) in [6.07, 6.45) is 7.92. The van der Waals surface area contributed by atoms with Crippen molar-refractivity contribution in [2.45, 2.75) is 58.7 Å². The van der Waals surface area contributed by atoms with Crippen LogP contribution in [-0.2, 0) is 14.1 Å². The Kier molecular flexibility index (Phi) is 5.58. The van der Waals surface area contributed by atoms with Gasteiger partial charge in [-0.25, -0.2) is 9.97 Å². The Labute approximate surface area is 161 Å². The molecule has 1 N–H and O–H groups in total. The fourth-order valence-electron chi connectivity index (χ4n) is 3.12. The van der Waals surface area contributed by atoms with Crippen LogP contribution in [0.25, 0.3) is 6.08 Å². The second-order valence-electron chi connectivity index (χ2n) is 8.23. The molecule has 1 amide bonds. The number of anilines is 1. The summed E-state index contributed by atoms with van der Waals surface area (Å²) >= 11 is 0. The fraction of sp³-hybridized carbons (Fsp3) is 0.632. The van der Waals surface area contributed by atoms with Crippen molar-refractivity contribution < 1.29 is 14.1 Å². The van der Waals surface area contributed by atoms with Crippen molar-refractivity contribution in [1.82, 2.24) is 15.3 Å². The zero-order chi connectivity index (χ0) is 19.7. The molecule has 0 unspecified atom stereocenters. The summed E-state index contributed by atoms with van der Waals surface area (Å²) in [6, 6.07) is 0. The summed E-state index contributed by atoms with van der Waals surface area (Å²) in [7, 11) is -0.528. The smallest absolute Gasteiger partial charge is 0.400 e. The number of aromatic nitrogens is 2. The van der Waals surface area contributed by atoms with Crippen LogP contribution in [0.5, 0.6) is 0 Å². The monoisotopic (exact) mass is 372 g/mol. The molecule has 0 saturated carbocycles. The lowest BCUT2D eigenvalue weighted by molar-refractivity contribution is -0.118. The number of carbonyl (C=O) groups excluding carboxylic acids is 1. The fourth-order valence-corrected chi connectivity index (χ4v) is 3.12. The van der Waals surface area contributed by atoms with E-state index in [9.17, 15) is 4.79 Å². The number of nitrogens with zero attached hydrogens (tertiary/aromatic N) is 3. The molecule has 27 heavy (non-hydrogen) atoms. The van der Waals surface area contributed by atoms with Crippen molar-refractivity contribution in [3.05, 3.63) is 23.4 Å². The van der Waals surface area contributed by atoms with Gasteiger partial charge in [0.2, 0.25) is 11.9 Å². The van der Waals surface area contributed by atoms with E-state index in [4.69, 9.17) is 9.31 Å². The predicted molar refractivity (Wildman–Crippen MR) is 106 cm³/mol. The van der Waals surface area contributed by atoms with E-state index in [1.54, 1.807) is 12.4 Å². The van der Waals surface area contributed by atoms with E-state index >= 15 is 0 Å². The number of carbonyl (C=O) groups is 1. The molecule has 0 radical (unpaired) electrons. The molecule has 0 atom stereocenters. The van der Waals surface area contributed by atoms with Crippen LogP contribution in [0, 0.1) is 0 Å². The Balaban J connectivity index is 1.81. The molecular formula is C19H29BN4O3. The predicted octanol–water partition coefficient (Wildman–Crippen LogP) is 2.23. The van der Waals surface area contributed by atoms with Gasteiger partial charge in [-0.15, -0.1) is 0 Å². The van der Waals surface area contributed by atoms with Gasteiger partial charge in [-0.1, -0.05) is 6.08 Å². The highest BCUT2D eigenvalue weighted by molar-refractivity contribution is 6.56. The van der Waals surface area contributed by atoms with Crippen molar-refractivity contribution in [3.8, 4) is 0 Å². The summed E-state index contributed by atoms with van der Waals surface area (Å²) in [5, 5.41) is 2.84. The number of nitrogens with one attached hydrogen (secondary N) is 1. The second kappa shape index (κ2) is 7.60. The molecule has 0 bridgehead atoms. The average molecular weight is 372 g/mol. The van der Waals surface area contributed by atoms with Crippen LogP contribution in [-0.4, -0.2) is 53.8 Å². The van der Waals surface area contributed by atoms with Crippen LogP contribution in [0.15, 0.2) is 17.9 Å². The molecule has 3 rings (SSSR count). The lowest BCUT2D eigenvalue weighted by Gasteiger charge is -2.32. The Morgan fingerprint density at radius 2 is 1.74 bits per heavy atom. The van der Waals surface area contributed by atoms with Crippen molar-refractivity contribution >= 4 is 25.0 Å². The molecule has 0 aromatic carbocycles. The first-order chi connectivity index (χ1) is 12.7. The van der Waals surface area contributed by atoms with Gasteiger partial charge in [0.25, 0.3) is 0 Å². The Hall–Kier alpha value is -1.93. The maximum Gasteiger partial charge on any atom is 0.492 e. The van der Waals surface area contributed by atoms with Gasteiger partial charge in [-0.2, -0.15) is 0 Å². The van der Waals surface area contributed by atoms with Crippen LogP contribution >= 0.6 is 0 Å². The first kappa shape index (κ1) is 19.8. The minimum absolute atomic E-state index is 0.0990. The largest absolute Gasteiger partial charge is 0.492 e. The lowest BCUT2D eigenvalue weighted by atomic mass is 9.77. The maximum absolute atomic E-state index is 11.4. The average Bonchev–Trinajstić information content (AvgIpc) is 3.18. The molecule has 2 fully saturated rings. The molecular weight excluding hydrogens is 343 g/mol. The Morgan fingerprint density at radius 1 is 1.19 bits per heavy atom. The normalized spacial score (nSPS) is 21.6. The van der Waals surface area contributed by atoms with E-state index in [1.165, 1.54) is 19.8 Å². The highest BCUT2D eigenvalue weighted by Crippen LogP contribution is 2.38. The first-order valence-corrected chi connectivity index (χ1v) is 9.55. The lowest BCUT2D eigenvalue weighted by Crippen LogP contribution is -2.41. The van der Waals surface area contributed by atoms with Gasteiger partial charge in [0.1, 0.15) is 0 Å². The number of amides is 1. The van der Waals surface area contributed by atoms with Gasteiger partial charge in [0, 0.05) is 44.5 Å². The molecule has 2 aliphatic heterocycles. The van der Waals surface area contributed by atoms with Crippen LogP contribution in [0.2, 0.25) is 0 Å². The van der Waals surface area contributed by atoms with Crippen LogP contribution < -0.4 is 10.2 Å². The third kappa shape index (κ3) is 4.50. The van der Waals surface area contributed by atoms with E-state index < -0.39 is 18.3 Å². The molecule has 0 aliphatic carbocycles. The van der Waals surface area contributed by atoms with Gasteiger partial charge in [-0.3, -0.25) is 4.79 Å². The second-order valence-corrected chi connectivity index (χ2v) is 8.23. The minimum atomic E-state index is -0.528. The molecule has 8 heteroatoms. The SMILES string of the molecule is CC(=O)NCC(=Cc1cnc(N2CCCC2)nc1)B1OC(C)(C)C(C)(C)O1. The molecule has 146 valence electrons. The maximum atomic E-state index is 11.4. The van der Waals surface area contributed by atoms with Gasteiger partial charge in [0.05, 0.1) is 11.2 Å². The van der Waals surface area contributed by atoms with E-state index in [0.29, 0.717) is 6.54 Å². The molecule has 2 saturated heterocycles. The summed E-state index contributed by atoms with van der Waals surface area (Å²) in [5.41, 5.74) is 0.806. The van der Waals surface area contributed by atoms with Crippen molar-refractivity contribution in [1.29, 1.82) is 0 Å². The van der Waals surface area contributed by atoms with Crippen LogP contribution in [0.3, 0.4) is 0 Å². The standard InChI is InChI=1S/C19H29BN4O3/c1-14(25)21-13-16(20-26-18(2,3)19(4,5)27-20)10-15-11-22-17(23-12-15)24-8-6-7-9-24/h10-12H,6-9,13H2,1-5H3,(H,21,25). The molecule has 3 heterocycles. The summed E-state index contributed by atoms with van der Waals surface area (Å²) < 4.78 is 12.3. The van der Waals surface area contributed by atoms with Gasteiger partial charge >= 0.3 is 7.12 Å². The highest BCUT2D eigenvalue weighted by Gasteiger charge is 2.52. The van der Waals surface area contributed by atoms with Crippen molar-refractivity contribution in [2.75, 3.05) is 24.5 Å². The topological polar surface area (TPSA) is 76.6 Å². The molecule has 2 aliphatic rings. The molecule has 1 aromatic rings. The highest BCUT2D eigenvalue weighted by atomic mass is 16.7. The van der Waals surface area contributed by atoms with E-state index in [2.05, 4.69) is 20.2 Å². The van der Waals surface area contributed by atoms with Gasteiger partial charge in [0.15, 0.2) is 0 Å². The van der Waals surface area contributed by atoms with Crippen LogP contribution in [0.4, 0.5) is 5.95 Å². The van der Waals surface area contributed by atoms with E-state index in [1.807, 2.05) is 33.8 Å². The Bertz CT molecular complexity index is 696. The van der Waals surface area contributed by atoms with Crippen molar-refractivity contribution in [2.24, 2.45) is 0 Å². The summed E-state index contributed by atoms with van der Waals surface area (Å²) in [6.45, 7) is 11.9. The zero-order valence-electron chi connectivity index (χ0n) is 16.9. The Morgan fingerprint density at radius 3 is 2.26 bits per heavy atom. The molecule has 1 aromatic heterocycles.